The molecule has 0 radical (unpaired) electrons. The fraction of sp³-hybridized carbons (Fsp3) is 0.900. The molecule has 98 valence electrons. The van der Waals surface area contributed by atoms with Crippen LogP contribution in [0.1, 0.15) is 25.7 Å². The van der Waals surface area contributed by atoms with Crippen LogP contribution in [0.2, 0.25) is 0 Å². The summed E-state index contributed by atoms with van der Waals surface area (Å²) in [6.07, 6.45) is 4.10. The van der Waals surface area contributed by atoms with Crippen molar-refractivity contribution in [3.63, 3.8) is 0 Å². The van der Waals surface area contributed by atoms with Crippen LogP contribution in [0.15, 0.2) is 4.99 Å². The van der Waals surface area contributed by atoms with Crippen LogP contribution >= 0.6 is 0 Å². The van der Waals surface area contributed by atoms with Gasteiger partial charge in [-0.05, 0) is 19.3 Å². The highest BCUT2D eigenvalue weighted by Crippen LogP contribution is 2.20. The number of nitrogens with zero attached hydrogens (tertiary/aromatic N) is 2. The number of hydrogen-bond acceptors (Lipinski definition) is 5. The van der Waals surface area contributed by atoms with Gasteiger partial charge in [-0.25, -0.2) is 13.2 Å². The molecule has 17 heavy (non-hydrogen) atoms. The van der Waals surface area contributed by atoms with Gasteiger partial charge >= 0.3 is 0 Å². The number of isocyanates is 1. The van der Waals surface area contributed by atoms with Crippen molar-refractivity contribution in [1.82, 2.24) is 4.31 Å². The van der Waals surface area contributed by atoms with Gasteiger partial charge in [0.05, 0.1) is 12.4 Å². The van der Waals surface area contributed by atoms with Crippen molar-refractivity contribution >= 4 is 16.1 Å². The maximum atomic E-state index is 12.0. The minimum Gasteiger partial charge on any atom is -0.384 e. The van der Waals surface area contributed by atoms with E-state index in [-0.39, 0.29) is 12.4 Å². The zero-order valence-corrected chi connectivity index (χ0v) is 10.8. The van der Waals surface area contributed by atoms with E-state index in [4.69, 9.17) is 4.74 Å². The molecule has 0 amide bonds. The second kappa shape index (κ2) is 6.86. The van der Waals surface area contributed by atoms with Gasteiger partial charge < -0.3 is 4.74 Å². The van der Waals surface area contributed by atoms with Gasteiger partial charge in [0, 0.05) is 13.7 Å². The molecule has 0 spiro atoms. The minimum absolute atomic E-state index is 0.0750. The summed E-state index contributed by atoms with van der Waals surface area (Å²) in [7, 11) is -1.95. The normalized spacial score (nSPS) is 22.8. The van der Waals surface area contributed by atoms with E-state index in [9.17, 15) is 13.2 Å². The summed E-state index contributed by atoms with van der Waals surface area (Å²) in [5, 5.41) is 0. The van der Waals surface area contributed by atoms with Gasteiger partial charge in [-0.2, -0.15) is 9.30 Å². The third-order valence-electron chi connectivity index (χ3n) is 2.78. The summed E-state index contributed by atoms with van der Waals surface area (Å²) < 4.78 is 30.2. The Hall–Kier alpha value is -0.750. The van der Waals surface area contributed by atoms with E-state index >= 15 is 0 Å². The summed E-state index contributed by atoms with van der Waals surface area (Å²) in [6, 6.07) is 0. The molecule has 1 atom stereocenters. The highest BCUT2D eigenvalue weighted by Gasteiger charge is 2.30. The molecule has 1 unspecified atom stereocenters. The van der Waals surface area contributed by atoms with E-state index in [2.05, 4.69) is 4.99 Å². The second-order valence-electron chi connectivity index (χ2n) is 3.97. The van der Waals surface area contributed by atoms with Gasteiger partial charge in [-0.15, -0.1) is 0 Å². The Kier molecular flexibility index (Phi) is 5.77. The van der Waals surface area contributed by atoms with Crippen LogP contribution in [0.3, 0.4) is 0 Å². The van der Waals surface area contributed by atoms with Gasteiger partial charge in [0.15, 0.2) is 0 Å². The summed E-state index contributed by atoms with van der Waals surface area (Å²) in [5.41, 5.74) is 0. The number of aliphatic imine (C=N–C) groups is 1. The van der Waals surface area contributed by atoms with Crippen molar-refractivity contribution in [2.45, 2.75) is 31.8 Å². The van der Waals surface area contributed by atoms with Gasteiger partial charge in [0.25, 0.3) is 0 Å². The minimum atomic E-state index is -3.40. The number of carbonyl (C=O) groups excluding carboxylic acids is 1. The predicted molar refractivity (Wildman–Crippen MR) is 62.7 cm³/mol. The van der Waals surface area contributed by atoms with Gasteiger partial charge in [-0.1, -0.05) is 6.42 Å². The van der Waals surface area contributed by atoms with Crippen LogP contribution in [0.25, 0.3) is 0 Å². The van der Waals surface area contributed by atoms with Crippen LogP contribution in [-0.2, 0) is 19.6 Å². The molecule has 1 fully saturated rings. The number of ether oxygens (including phenoxy) is 1. The second-order valence-corrected chi connectivity index (χ2v) is 6.01. The fourth-order valence-electron chi connectivity index (χ4n) is 1.88. The van der Waals surface area contributed by atoms with E-state index in [1.165, 1.54) is 17.5 Å². The molecule has 1 aliphatic rings. The average Bonchev–Trinajstić information content (AvgIpc) is 2.53. The summed E-state index contributed by atoms with van der Waals surface area (Å²) in [6.45, 7) is 0.568. The first-order valence-corrected chi connectivity index (χ1v) is 7.28. The Bertz CT molecular complexity index is 376. The topological polar surface area (TPSA) is 76.0 Å². The lowest BCUT2D eigenvalue weighted by Crippen LogP contribution is -2.41. The summed E-state index contributed by atoms with van der Waals surface area (Å²) in [5.74, 6) is -0.0750. The monoisotopic (exact) mass is 262 g/mol. The van der Waals surface area contributed by atoms with Gasteiger partial charge in [-0.3, -0.25) is 0 Å². The quantitative estimate of drug-likeness (QED) is 0.534. The van der Waals surface area contributed by atoms with Crippen LogP contribution in [0, 0.1) is 0 Å². The van der Waals surface area contributed by atoms with Crippen LogP contribution < -0.4 is 0 Å². The van der Waals surface area contributed by atoms with Gasteiger partial charge in [0.1, 0.15) is 6.17 Å². The van der Waals surface area contributed by atoms with Gasteiger partial charge in [0.2, 0.25) is 16.1 Å². The number of methoxy groups -OCH3 is 1. The lowest BCUT2D eigenvalue weighted by Gasteiger charge is -2.24. The predicted octanol–water partition coefficient (Wildman–Crippen LogP) is 0.500. The van der Waals surface area contributed by atoms with Crippen molar-refractivity contribution in [2.75, 3.05) is 26.0 Å². The zero-order chi connectivity index (χ0) is 12.7. The van der Waals surface area contributed by atoms with Crippen molar-refractivity contribution in [1.29, 1.82) is 0 Å². The first-order valence-electron chi connectivity index (χ1n) is 5.67. The molecule has 1 heterocycles. The number of hydrogen-bond donors (Lipinski definition) is 0. The Morgan fingerprint density at radius 3 is 2.82 bits per heavy atom. The molecule has 0 bridgehead atoms. The molecule has 0 saturated carbocycles. The molecule has 0 aromatic carbocycles. The summed E-state index contributed by atoms with van der Waals surface area (Å²) in [4.78, 5) is 13.9. The molecule has 0 N–H and O–H groups in total. The smallest absolute Gasteiger partial charge is 0.236 e. The Morgan fingerprint density at radius 1 is 1.41 bits per heavy atom. The third kappa shape index (κ3) is 4.20. The van der Waals surface area contributed by atoms with Crippen molar-refractivity contribution < 1.29 is 17.9 Å². The molecule has 1 aliphatic heterocycles. The van der Waals surface area contributed by atoms with E-state index < -0.39 is 16.2 Å². The lowest BCUT2D eigenvalue weighted by atomic mass is 10.2. The Morgan fingerprint density at radius 2 is 2.18 bits per heavy atom. The van der Waals surface area contributed by atoms with E-state index in [0.717, 1.165) is 19.3 Å². The summed E-state index contributed by atoms with van der Waals surface area (Å²) >= 11 is 0. The fourth-order valence-corrected chi connectivity index (χ4v) is 3.43. The maximum absolute atomic E-state index is 12.0. The standard InChI is InChI=1S/C10H18N2O4S/c1-16-7-8-17(14,15)12-6-4-2-3-5-10(12)11-9-13/h10H,2-8H2,1H3. The van der Waals surface area contributed by atoms with Crippen LogP contribution in [0.5, 0.6) is 0 Å². The molecular formula is C10H18N2O4S. The largest absolute Gasteiger partial charge is 0.384 e. The molecule has 0 aromatic heterocycles. The lowest BCUT2D eigenvalue weighted by molar-refractivity contribution is 0.214. The first-order chi connectivity index (χ1) is 8.11. The van der Waals surface area contributed by atoms with E-state index in [0.29, 0.717) is 13.0 Å². The Labute approximate surface area is 102 Å². The molecular weight excluding hydrogens is 244 g/mol. The van der Waals surface area contributed by atoms with Crippen molar-refractivity contribution in [2.24, 2.45) is 4.99 Å². The van der Waals surface area contributed by atoms with E-state index in [1.807, 2.05) is 0 Å². The highest BCUT2D eigenvalue weighted by atomic mass is 32.2. The van der Waals surface area contributed by atoms with Crippen molar-refractivity contribution in [3.8, 4) is 0 Å². The third-order valence-corrected chi connectivity index (χ3v) is 4.60. The molecule has 6 nitrogen and oxygen atoms in total. The zero-order valence-electron chi connectivity index (χ0n) is 9.96. The molecule has 1 saturated heterocycles. The first kappa shape index (κ1) is 14.3. The van der Waals surface area contributed by atoms with Crippen molar-refractivity contribution in [3.05, 3.63) is 0 Å². The molecule has 1 rings (SSSR count). The molecule has 7 heteroatoms. The van der Waals surface area contributed by atoms with E-state index in [1.54, 1.807) is 0 Å². The molecule has 0 aliphatic carbocycles. The average molecular weight is 262 g/mol. The highest BCUT2D eigenvalue weighted by molar-refractivity contribution is 7.89. The SMILES string of the molecule is COCCS(=O)(=O)N1CCCCCC1N=C=O. The number of rotatable bonds is 5. The van der Waals surface area contributed by atoms with Crippen LogP contribution in [-0.4, -0.2) is 51.0 Å². The molecule has 0 aromatic rings. The van der Waals surface area contributed by atoms with Crippen LogP contribution in [0.4, 0.5) is 0 Å². The number of sulfonamides is 1. The Balaban J connectivity index is 2.84. The maximum Gasteiger partial charge on any atom is 0.236 e.